The second-order valence-corrected chi connectivity index (χ2v) is 3.96. The van der Waals surface area contributed by atoms with Gasteiger partial charge in [-0.25, -0.2) is 9.59 Å². The molecule has 5 nitrogen and oxygen atoms in total. The predicted octanol–water partition coefficient (Wildman–Crippen LogP) is 1.89. The number of carbonyl (C=O) groups is 1. The summed E-state index contributed by atoms with van der Waals surface area (Å²) < 4.78 is 4.93. The number of aliphatic hydroxyl groups excluding tert-OH is 1. The maximum Gasteiger partial charge on any atom is 0.351 e. The Kier molecular flexibility index (Phi) is 3.77. The van der Waals surface area contributed by atoms with Gasteiger partial charge in [0.15, 0.2) is 0 Å². The number of hydrogen-bond acceptors (Lipinski definition) is 4. The number of fused-ring (bicyclic) bond motifs is 1. The van der Waals surface area contributed by atoms with Crippen LogP contribution in [0.25, 0.3) is 17.0 Å². The van der Waals surface area contributed by atoms with Crippen LogP contribution in [0.15, 0.2) is 39.6 Å². The number of aliphatic hydroxyl groups is 1. The highest BCUT2D eigenvalue weighted by atomic mass is 16.4. The Morgan fingerprint density at radius 2 is 2.11 bits per heavy atom. The zero-order chi connectivity index (χ0) is 13.8. The number of carboxylic acid groups (broad SMARTS) is 1. The number of benzene rings is 1. The minimum Gasteiger partial charge on any atom is -0.477 e. The fraction of sp³-hybridized carbons (Fsp3) is 0.143. The number of carboxylic acids is 1. The van der Waals surface area contributed by atoms with Gasteiger partial charge in [0, 0.05) is 12.0 Å². The van der Waals surface area contributed by atoms with Crippen LogP contribution in [-0.2, 0) is 0 Å². The summed E-state index contributed by atoms with van der Waals surface area (Å²) >= 11 is 0. The van der Waals surface area contributed by atoms with Gasteiger partial charge in [0.05, 0.1) is 0 Å². The Morgan fingerprint density at radius 3 is 2.79 bits per heavy atom. The van der Waals surface area contributed by atoms with Crippen molar-refractivity contribution in [2.24, 2.45) is 0 Å². The van der Waals surface area contributed by atoms with E-state index in [4.69, 9.17) is 14.6 Å². The molecule has 2 aromatic rings. The highest BCUT2D eigenvalue weighted by Gasteiger charge is 2.11. The van der Waals surface area contributed by atoms with E-state index in [1.54, 1.807) is 30.4 Å². The van der Waals surface area contributed by atoms with E-state index in [9.17, 15) is 9.59 Å². The van der Waals surface area contributed by atoms with Crippen molar-refractivity contribution in [3.63, 3.8) is 0 Å². The normalized spacial score (nSPS) is 11.2. The molecule has 0 aliphatic rings. The highest BCUT2D eigenvalue weighted by Crippen LogP contribution is 2.17. The second kappa shape index (κ2) is 5.49. The molecule has 2 N–H and O–H groups in total. The van der Waals surface area contributed by atoms with Crippen molar-refractivity contribution in [1.82, 2.24) is 0 Å². The van der Waals surface area contributed by atoms with Crippen molar-refractivity contribution in [3.05, 3.63) is 51.9 Å². The van der Waals surface area contributed by atoms with Gasteiger partial charge in [-0.2, -0.15) is 0 Å². The summed E-state index contributed by atoms with van der Waals surface area (Å²) in [6.45, 7) is 0.0715. The van der Waals surface area contributed by atoms with Crippen LogP contribution in [0.5, 0.6) is 0 Å². The Bertz CT molecular complexity index is 697. The third-order valence-corrected chi connectivity index (χ3v) is 2.59. The average Bonchev–Trinajstić information content (AvgIpc) is 2.38. The summed E-state index contributed by atoms with van der Waals surface area (Å²) in [5.74, 6) is -1.31. The zero-order valence-electron chi connectivity index (χ0n) is 10.00. The molecule has 0 bridgehead atoms. The van der Waals surface area contributed by atoms with E-state index < -0.39 is 11.6 Å². The van der Waals surface area contributed by atoms with Crippen LogP contribution in [0.1, 0.15) is 22.3 Å². The molecular formula is C14H12O5. The molecule has 1 aromatic heterocycles. The topological polar surface area (TPSA) is 87.7 Å². The molecule has 2 rings (SSSR count). The van der Waals surface area contributed by atoms with Gasteiger partial charge < -0.3 is 14.6 Å². The molecule has 1 aromatic carbocycles. The van der Waals surface area contributed by atoms with Crippen LogP contribution in [-0.4, -0.2) is 22.8 Å². The minimum absolute atomic E-state index is 0.0715. The first-order valence-electron chi connectivity index (χ1n) is 5.70. The first kappa shape index (κ1) is 13.0. The maximum absolute atomic E-state index is 11.4. The van der Waals surface area contributed by atoms with Crippen LogP contribution >= 0.6 is 0 Å². The molecular weight excluding hydrogens is 248 g/mol. The molecule has 19 heavy (non-hydrogen) atoms. The minimum atomic E-state index is -1.31. The van der Waals surface area contributed by atoms with E-state index in [-0.39, 0.29) is 12.2 Å². The largest absolute Gasteiger partial charge is 0.477 e. The van der Waals surface area contributed by atoms with Crippen LogP contribution in [0, 0.1) is 0 Å². The summed E-state index contributed by atoms with van der Waals surface area (Å²) in [5.41, 5.74) is -0.0620. The lowest BCUT2D eigenvalue weighted by Crippen LogP contribution is -2.12. The number of rotatable bonds is 4. The van der Waals surface area contributed by atoms with E-state index >= 15 is 0 Å². The van der Waals surface area contributed by atoms with Gasteiger partial charge in [-0.05, 0) is 30.2 Å². The third-order valence-electron chi connectivity index (χ3n) is 2.59. The molecule has 1 heterocycles. The molecule has 0 atom stereocenters. The molecule has 0 aliphatic carbocycles. The summed E-state index contributed by atoms with van der Waals surface area (Å²) in [6.07, 6.45) is 4.15. The van der Waals surface area contributed by atoms with Crippen molar-refractivity contribution in [2.75, 3.05) is 6.61 Å². The summed E-state index contributed by atoms with van der Waals surface area (Å²) in [4.78, 5) is 22.2. The van der Waals surface area contributed by atoms with Gasteiger partial charge >= 0.3 is 11.6 Å². The molecule has 98 valence electrons. The first-order chi connectivity index (χ1) is 9.11. The first-order valence-corrected chi connectivity index (χ1v) is 5.70. The number of aromatic carboxylic acids is 1. The molecule has 0 unspecified atom stereocenters. The Hall–Kier alpha value is -2.40. The third kappa shape index (κ3) is 2.89. The van der Waals surface area contributed by atoms with Gasteiger partial charge in [-0.15, -0.1) is 0 Å². The Labute approximate surface area is 108 Å². The monoisotopic (exact) mass is 260 g/mol. The summed E-state index contributed by atoms with van der Waals surface area (Å²) in [5, 5.41) is 18.1. The van der Waals surface area contributed by atoms with E-state index in [0.717, 1.165) is 5.56 Å². The van der Waals surface area contributed by atoms with Gasteiger partial charge in [-0.1, -0.05) is 18.2 Å². The predicted molar refractivity (Wildman–Crippen MR) is 70.2 cm³/mol. The standard InChI is InChI=1S/C14H12O5/c15-6-2-1-3-9-4-5-12-10(7-9)8-11(13(16)17)14(18)19-12/h1,3-5,7-8,15H,2,6H2,(H,16,17). The van der Waals surface area contributed by atoms with E-state index in [1.165, 1.54) is 6.07 Å². The lowest BCUT2D eigenvalue weighted by molar-refractivity contribution is 0.0692. The van der Waals surface area contributed by atoms with Crippen LogP contribution < -0.4 is 5.63 Å². The molecule has 0 aliphatic heterocycles. The van der Waals surface area contributed by atoms with Crippen molar-refractivity contribution >= 4 is 23.0 Å². The molecule has 0 fully saturated rings. The maximum atomic E-state index is 11.4. The molecule has 0 radical (unpaired) electrons. The van der Waals surface area contributed by atoms with E-state index in [2.05, 4.69) is 0 Å². The van der Waals surface area contributed by atoms with Crippen LogP contribution in [0.2, 0.25) is 0 Å². The van der Waals surface area contributed by atoms with Crippen molar-refractivity contribution < 1.29 is 19.4 Å². The highest BCUT2D eigenvalue weighted by molar-refractivity contribution is 5.92. The molecule has 5 heteroatoms. The Balaban J connectivity index is 2.49. The van der Waals surface area contributed by atoms with Crippen molar-refractivity contribution in [3.8, 4) is 0 Å². The van der Waals surface area contributed by atoms with Crippen LogP contribution in [0.4, 0.5) is 0 Å². The fourth-order valence-electron chi connectivity index (χ4n) is 1.69. The van der Waals surface area contributed by atoms with Crippen molar-refractivity contribution in [1.29, 1.82) is 0 Å². The molecule has 0 amide bonds. The van der Waals surface area contributed by atoms with Gasteiger partial charge in [0.25, 0.3) is 0 Å². The molecule has 0 saturated carbocycles. The second-order valence-electron chi connectivity index (χ2n) is 3.96. The quantitative estimate of drug-likeness (QED) is 0.819. The lowest BCUT2D eigenvalue weighted by Gasteiger charge is -2.00. The lowest BCUT2D eigenvalue weighted by atomic mass is 10.1. The summed E-state index contributed by atoms with van der Waals surface area (Å²) in [6, 6.07) is 6.38. The Morgan fingerprint density at radius 1 is 1.32 bits per heavy atom. The van der Waals surface area contributed by atoms with Gasteiger partial charge in [0.1, 0.15) is 11.1 Å². The van der Waals surface area contributed by atoms with E-state index in [1.807, 2.05) is 0 Å². The SMILES string of the molecule is O=C(O)c1cc2cc(C=CCCO)ccc2oc1=O. The summed E-state index contributed by atoms with van der Waals surface area (Å²) in [7, 11) is 0. The smallest absolute Gasteiger partial charge is 0.351 e. The fourth-order valence-corrected chi connectivity index (χ4v) is 1.69. The van der Waals surface area contributed by atoms with Crippen LogP contribution in [0.3, 0.4) is 0 Å². The van der Waals surface area contributed by atoms with Crippen molar-refractivity contribution in [2.45, 2.75) is 6.42 Å². The van der Waals surface area contributed by atoms with Gasteiger partial charge in [0.2, 0.25) is 0 Å². The van der Waals surface area contributed by atoms with E-state index in [0.29, 0.717) is 17.4 Å². The molecule has 0 spiro atoms. The zero-order valence-corrected chi connectivity index (χ0v) is 10.00. The average molecular weight is 260 g/mol. The molecule has 0 saturated heterocycles. The number of hydrogen-bond donors (Lipinski definition) is 2. The van der Waals surface area contributed by atoms with Gasteiger partial charge in [-0.3, -0.25) is 0 Å².